The Morgan fingerprint density at radius 3 is 2.66 bits per heavy atom. The molecule has 8 nitrogen and oxygen atoms in total. The minimum absolute atomic E-state index is 0.118. The Bertz CT molecular complexity index is 1360. The Labute approximate surface area is 186 Å². The average Bonchev–Trinajstić information content (AvgIpc) is 3.48. The molecule has 1 amide bonds. The van der Waals surface area contributed by atoms with E-state index in [1.807, 2.05) is 60.7 Å². The van der Waals surface area contributed by atoms with E-state index in [1.54, 1.807) is 16.4 Å². The van der Waals surface area contributed by atoms with Gasteiger partial charge in [-0.1, -0.05) is 41.6 Å². The number of carbonyl (C=O) groups excluding carboxylic acids is 2. The van der Waals surface area contributed by atoms with Crippen LogP contribution in [0, 0.1) is 17.2 Å². The number of fused-ring (bicyclic) bond motifs is 3. The molecule has 156 valence electrons. The predicted octanol–water partition coefficient (Wildman–Crippen LogP) is 4.09. The van der Waals surface area contributed by atoms with Crippen LogP contribution in [-0.2, 0) is 10.5 Å². The number of thioether (sulfide) groups is 1. The molecule has 4 aromatic rings. The lowest BCUT2D eigenvalue weighted by Gasteiger charge is -2.18. The van der Waals surface area contributed by atoms with E-state index >= 15 is 0 Å². The monoisotopic (exact) mass is 441 g/mol. The maximum Gasteiger partial charge on any atom is 0.251 e. The van der Waals surface area contributed by atoms with Gasteiger partial charge in [-0.15, -0.1) is 11.8 Å². The number of hydrogen-bond acceptors (Lipinski definition) is 7. The molecule has 0 saturated carbocycles. The van der Waals surface area contributed by atoms with Crippen molar-refractivity contribution in [2.24, 2.45) is 5.92 Å². The highest BCUT2D eigenvalue weighted by Gasteiger charge is 2.35. The highest BCUT2D eigenvalue weighted by Crippen LogP contribution is 2.43. The second-order valence-corrected chi connectivity index (χ2v) is 8.03. The largest absolute Gasteiger partial charge is 0.363 e. The van der Waals surface area contributed by atoms with Gasteiger partial charge in [-0.05, 0) is 18.2 Å². The van der Waals surface area contributed by atoms with Crippen LogP contribution in [0.1, 0.15) is 16.1 Å². The molecule has 0 saturated heterocycles. The van der Waals surface area contributed by atoms with Crippen LogP contribution in [-0.4, -0.2) is 26.6 Å². The number of ketones is 1. The van der Waals surface area contributed by atoms with Crippen molar-refractivity contribution >= 4 is 29.3 Å². The molecule has 0 spiro atoms. The Morgan fingerprint density at radius 1 is 1.12 bits per heavy atom. The lowest BCUT2D eigenvalue weighted by Crippen LogP contribution is -2.29. The van der Waals surface area contributed by atoms with Crippen LogP contribution in [0.15, 0.2) is 76.3 Å². The third-order valence-electron chi connectivity index (χ3n) is 5.07. The summed E-state index contributed by atoms with van der Waals surface area (Å²) in [6.45, 7) is 0. The second kappa shape index (κ2) is 8.17. The zero-order chi connectivity index (χ0) is 22.1. The zero-order valence-electron chi connectivity index (χ0n) is 16.6. The first kappa shape index (κ1) is 19.8. The summed E-state index contributed by atoms with van der Waals surface area (Å²) in [5, 5.41) is 20.2. The number of nitriles is 1. The minimum Gasteiger partial charge on any atom is -0.363 e. The summed E-state index contributed by atoms with van der Waals surface area (Å²) >= 11 is 1.59. The molecule has 0 aliphatic carbocycles. The van der Waals surface area contributed by atoms with Crippen molar-refractivity contribution in [3.05, 3.63) is 78.2 Å². The molecule has 2 aromatic heterocycles. The van der Waals surface area contributed by atoms with Gasteiger partial charge in [0.25, 0.3) is 5.91 Å². The van der Waals surface area contributed by atoms with Crippen molar-refractivity contribution in [1.82, 2.24) is 14.9 Å². The lowest BCUT2D eigenvalue weighted by atomic mass is 9.97. The fraction of sp³-hybridized carbons (Fsp3) is 0.0870. The molecule has 32 heavy (non-hydrogen) atoms. The van der Waals surface area contributed by atoms with Crippen molar-refractivity contribution in [3.8, 4) is 23.0 Å². The van der Waals surface area contributed by atoms with Gasteiger partial charge in [0.1, 0.15) is 12.0 Å². The summed E-state index contributed by atoms with van der Waals surface area (Å²) in [5.74, 6) is -2.37. The molecule has 1 N–H and O–H groups in total. The number of nitrogens with zero attached hydrogens (tertiary/aromatic N) is 4. The van der Waals surface area contributed by atoms with Crippen LogP contribution in [0.5, 0.6) is 0 Å². The summed E-state index contributed by atoms with van der Waals surface area (Å²) in [6, 6.07) is 20.6. The van der Waals surface area contributed by atoms with Gasteiger partial charge >= 0.3 is 0 Å². The van der Waals surface area contributed by atoms with Crippen molar-refractivity contribution in [2.45, 2.75) is 10.6 Å². The summed E-state index contributed by atoms with van der Waals surface area (Å²) in [6.07, 6.45) is 1.28. The standard InChI is InChI=1S/C23H15N5O3S/c24-12-16(23(30)25-19-10-11-31-27-19)22(29)20-17-13-32-18-9-5-4-8-15(18)21(17)28(26-20)14-6-2-1-3-7-14/h1-11,16H,13H2,(H,25,27,30). The molecule has 2 aromatic carbocycles. The first-order valence-corrected chi connectivity index (χ1v) is 10.7. The van der Waals surface area contributed by atoms with E-state index in [0.29, 0.717) is 11.3 Å². The van der Waals surface area contributed by atoms with Crippen molar-refractivity contribution < 1.29 is 14.1 Å². The lowest BCUT2D eigenvalue weighted by molar-refractivity contribution is -0.117. The first-order valence-electron chi connectivity index (χ1n) is 9.72. The Kier molecular flexibility index (Phi) is 5.05. The number of benzene rings is 2. The highest BCUT2D eigenvalue weighted by molar-refractivity contribution is 7.98. The molecule has 1 aliphatic rings. The zero-order valence-corrected chi connectivity index (χ0v) is 17.4. The molecule has 1 aliphatic heterocycles. The summed E-state index contributed by atoms with van der Waals surface area (Å²) in [5.41, 5.74) is 3.35. The summed E-state index contributed by atoms with van der Waals surface area (Å²) in [7, 11) is 0. The molecule has 0 radical (unpaired) electrons. The predicted molar refractivity (Wildman–Crippen MR) is 117 cm³/mol. The van der Waals surface area contributed by atoms with Gasteiger partial charge in [-0.25, -0.2) is 4.68 Å². The second-order valence-electron chi connectivity index (χ2n) is 7.01. The third-order valence-corrected chi connectivity index (χ3v) is 6.17. The number of amides is 1. The number of Topliss-reactive ketones (excluding diaryl/α,β-unsaturated/α-hetero) is 1. The van der Waals surface area contributed by atoms with E-state index in [-0.39, 0.29) is 11.5 Å². The first-order chi connectivity index (χ1) is 15.7. The number of nitrogens with one attached hydrogen (secondary N) is 1. The van der Waals surface area contributed by atoms with Gasteiger partial charge < -0.3 is 9.84 Å². The van der Waals surface area contributed by atoms with E-state index in [4.69, 9.17) is 0 Å². The molecular weight excluding hydrogens is 426 g/mol. The van der Waals surface area contributed by atoms with E-state index in [9.17, 15) is 14.9 Å². The third kappa shape index (κ3) is 3.36. The van der Waals surface area contributed by atoms with Crippen LogP contribution in [0.4, 0.5) is 5.82 Å². The smallest absolute Gasteiger partial charge is 0.251 e. The van der Waals surface area contributed by atoms with Crippen LogP contribution in [0.2, 0.25) is 0 Å². The SMILES string of the molecule is N#CC(C(=O)Nc1ccon1)C(=O)c1nn(-c2ccccc2)c2c1CSc1ccccc1-2. The molecule has 0 fully saturated rings. The van der Waals surface area contributed by atoms with Gasteiger partial charge in [0.15, 0.2) is 11.7 Å². The van der Waals surface area contributed by atoms with Gasteiger partial charge in [-0.2, -0.15) is 10.4 Å². The van der Waals surface area contributed by atoms with Crippen LogP contribution in [0.3, 0.4) is 0 Å². The number of carbonyl (C=O) groups is 2. The fourth-order valence-electron chi connectivity index (χ4n) is 3.60. The minimum atomic E-state index is -1.57. The molecule has 1 unspecified atom stereocenters. The fourth-order valence-corrected chi connectivity index (χ4v) is 4.67. The van der Waals surface area contributed by atoms with Crippen LogP contribution >= 0.6 is 11.8 Å². The maximum atomic E-state index is 13.4. The van der Waals surface area contributed by atoms with Crippen molar-refractivity contribution in [2.75, 3.05) is 5.32 Å². The Balaban J connectivity index is 1.61. The van der Waals surface area contributed by atoms with Crippen LogP contribution in [0.25, 0.3) is 16.9 Å². The van der Waals surface area contributed by atoms with E-state index < -0.39 is 17.6 Å². The van der Waals surface area contributed by atoms with Gasteiger partial charge in [0.05, 0.1) is 17.5 Å². The van der Waals surface area contributed by atoms with Gasteiger partial charge in [0, 0.05) is 27.8 Å². The van der Waals surface area contributed by atoms with Gasteiger partial charge in [0.2, 0.25) is 5.78 Å². The van der Waals surface area contributed by atoms with E-state index in [0.717, 1.165) is 21.8 Å². The van der Waals surface area contributed by atoms with E-state index in [2.05, 4.69) is 20.1 Å². The Hall–Kier alpha value is -4.16. The normalized spacial score (nSPS) is 12.8. The highest BCUT2D eigenvalue weighted by atomic mass is 32.2. The number of anilines is 1. The summed E-state index contributed by atoms with van der Waals surface area (Å²) < 4.78 is 6.40. The number of rotatable bonds is 5. The molecule has 5 rings (SSSR count). The topological polar surface area (TPSA) is 114 Å². The molecule has 9 heteroatoms. The molecule has 1 atom stereocenters. The van der Waals surface area contributed by atoms with Crippen LogP contribution < -0.4 is 5.32 Å². The summed E-state index contributed by atoms with van der Waals surface area (Å²) in [4.78, 5) is 27.1. The molecule has 3 heterocycles. The van der Waals surface area contributed by atoms with Gasteiger partial charge in [-0.3, -0.25) is 9.59 Å². The Morgan fingerprint density at radius 2 is 1.91 bits per heavy atom. The number of aromatic nitrogens is 3. The molecular formula is C23H15N5O3S. The maximum absolute atomic E-state index is 13.4. The number of hydrogen-bond donors (Lipinski definition) is 1. The number of para-hydroxylation sites is 1. The van der Waals surface area contributed by atoms with Crippen molar-refractivity contribution in [3.63, 3.8) is 0 Å². The quantitative estimate of drug-likeness (QED) is 0.366. The average molecular weight is 441 g/mol. The van der Waals surface area contributed by atoms with Crippen molar-refractivity contribution in [1.29, 1.82) is 5.26 Å². The van der Waals surface area contributed by atoms with E-state index in [1.165, 1.54) is 12.3 Å². The molecule has 0 bridgehead atoms.